The Balaban J connectivity index is 2.25. The van der Waals surface area contributed by atoms with Gasteiger partial charge in [-0.3, -0.25) is 4.79 Å². The highest BCUT2D eigenvalue weighted by atomic mass is 32.2. The molecule has 0 unspecified atom stereocenters. The largest absolute Gasteiger partial charge is 0.354 e. The standard InChI is InChI=1S/C11H21NO5S/c1-16-11(17-2)8-12-10(13)7-9-3-5-18(14,15)6-4-9/h9,11H,3-8H2,1-2H3,(H,12,13). The van der Waals surface area contributed by atoms with Gasteiger partial charge in [-0.05, 0) is 18.8 Å². The van der Waals surface area contributed by atoms with Crippen molar-refractivity contribution in [1.82, 2.24) is 5.32 Å². The summed E-state index contributed by atoms with van der Waals surface area (Å²) in [4.78, 5) is 11.6. The van der Waals surface area contributed by atoms with Crippen LogP contribution in [-0.4, -0.2) is 52.9 Å². The fourth-order valence-corrected chi connectivity index (χ4v) is 3.53. The molecule has 1 aliphatic heterocycles. The molecule has 0 aromatic carbocycles. The first-order valence-electron chi connectivity index (χ1n) is 5.99. The van der Waals surface area contributed by atoms with Crippen molar-refractivity contribution in [2.45, 2.75) is 25.6 Å². The molecule has 1 amide bonds. The number of carbonyl (C=O) groups excluding carboxylic acids is 1. The minimum Gasteiger partial charge on any atom is -0.354 e. The van der Waals surface area contributed by atoms with Crippen molar-refractivity contribution in [2.75, 3.05) is 32.3 Å². The van der Waals surface area contributed by atoms with E-state index < -0.39 is 16.1 Å². The first kappa shape index (κ1) is 15.4. The Kier molecular flexibility index (Phi) is 6.04. The van der Waals surface area contributed by atoms with Gasteiger partial charge in [-0.1, -0.05) is 0 Å². The molecule has 1 fully saturated rings. The molecule has 1 rings (SSSR count). The van der Waals surface area contributed by atoms with E-state index in [0.717, 1.165) is 0 Å². The van der Waals surface area contributed by atoms with E-state index in [0.29, 0.717) is 25.8 Å². The smallest absolute Gasteiger partial charge is 0.220 e. The molecule has 0 bridgehead atoms. The van der Waals surface area contributed by atoms with E-state index in [4.69, 9.17) is 9.47 Å². The highest BCUT2D eigenvalue weighted by molar-refractivity contribution is 7.91. The highest BCUT2D eigenvalue weighted by Crippen LogP contribution is 2.21. The maximum Gasteiger partial charge on any atom is 0.220 e. The summed E-state index contributed by atoms with van der Waals surface area (Å²) in [5, 5.41) is 2.71. The Labute approximate surface area is 108 Å². The van der Waals surface area contributed by atoms with E-state index >= 15 is 0 Å². The van der Waals surface area contributed by atoms with E-state index in [1.165, 1.54) is 14.2 Å². The molecule has 1 saturated heterocycles. The number of amides is 1. The number of sulfone groups is 1. The zero-order valence-corrected chi connectivity index (χ0v) is 11.7. The molecule has 7 heteroatoms. The minimum atomic E-state index is -2.86. The fourth-order valence-electron chi connectivity index (χ4n) is 1.94. The van der Waals surface area contributed by atoms with Crippen LogP contribution in [0.3, 0.4) is 0 Å². The average molecular weight is 279 g/mol. The molecule has 0 aromatic heterocycles. The van der Waals surface area contributed by atoms with Crippen molar-refractivity contribution in [3.63, 3.8) is 0 Å². The monoisotopic (exact) mass is 279 g/mol. The van der Waals surface area contributed by atoms with Crippen LogP contribution >= 0.6 is 0 Å². The minimum absolute atomic E-state index is 0.0848. The molecule has 1 N–H and O–H groups in total. The predicted octanol–water partition coefficient (Wildman–Crippen LogP) is -0.0636. The Hall–Kier alpha value is -0.660. The summed E-state index contributed by atoms with van der Waals surface area (Å²) >= 11 is 0. The van der Waals surface area contributed by atoms with Crippen molar-refractivity contribution < 1.29 is 22.7 Å². The molecule has 18 heavy (non-hydrogen) atoms. The van der Waals surface area contributed by atoms with Crippen molar-refractivity contribution >= 4 is 15.7 Å². The van der Waals surface area contributed by atoms with Crippen LogP contribution in [0.15, 0.2) is 0 Å². The summed E-state index contributed by atoms with van der Waals surface area (Å²) in [6.45, 7) is 0.302. The lowest BCUT2D eigenvalue weighted by atomic mass is 9.98. The molecule has 0 aromatic rings. The number of carbonyl (C=O) groups is 1. The van der Waals surface area contributed by atoms with E-state index in [2.05, 4.69) is 5.32 Å². The topological polar surface area (TPSA) is 81.7 Å². The lowest BCUT2D eigenvalue weighted by Gasteiger charge is -2.21. The second-order valence-electron chi connectivity index (χ2n) is 4.50. The third-order valence-corrected chi connectivity index (χ3v) is 4.86. The van der Waals surface area contributed by atoms with Gasteiger partial charge in [0.05, 0.1) is 18.1 Å². The molecule has 0 saturated carbocycles. The van der Waals surface area contributed by atoms with Crippen LogP contribution in [0.25, 0.3) is 0 Å². The van der Waals surface area contributed by atoms with Gasteiger partial charge < -0.3 is 14.8 Å². The lowest BCUT2D eigenvalue weighted by molar-refractivity contribution is -0.128. The van der Waals surface area contributed by atoms with Gasteiger partial charge in [0, 0.05) is 20.6 Å². The SMILES string of the molecule is COC(CNC(=O)CC1CCS(=O)(=O)CC1)OC. The molecular weight excluding hydrogens is 258 g/mol. The summed E-state index contributed by atoms with van der Waals surface area (Å²) < 4.78 is 32.4. The number of hydrogen-bond acceptors (Lipinski definition) is 5. The summed E-state index contributed by atoms with van der Waals surface area (Å²) in [6, 6.07) is 0. The number of hydrogen-bond donors (Lipinski definition) is 1. The number of rotatable bonds is 6. The summed E-state index contributed by atoms with van der Waals surface area (Å²) in [5.41, 5.74) is 0. The molecule has 0 spiro atoms. The van der Waals surface area contributed by atoms with Crippen molar-refractivity contribution in [2.24, 2.45) is 5.92 Å². The van der Waals surface area contributed by atoms with E-state index in [1.54, 1.807) is 0 Å². The Morgan fingerprint density at radius 1 is 1.28 bits per heavy atom. The second-order valence-corrected chi connectivity index (χ2v) is 6.81. The van der Waals surface area contributed by atoms with Gasteiger partial charge in [0.25, 0.3) is 0 Å². The van der Waals surface area contributed by atoms with Crippen LogP contribution in [0.5, 0.6) is 0 Å². The quantitative estimate of drug-likeness (QED) is 0.689. The van der Waals surface area contributed by atoms with Crippen molar-refractivity contribution in [3.8, 4) is 0 Å². The van der Waals surface area contributed by atoms with Gasteiger partial charge in [-0.2, -0.15) is 0 Å². The van der Waals surface area contributed by atoms with Crippen LogP contribution in [-0.2, 0) is 24.1 Å². The lowest BCUT2D eigenvalue weighted by Crippen LogP contribution is -2.36. The number of nitrogens with one attached hydrogen (secondary N) is 1. The summed E-state index contributed by atoms with van der Waals surface area (Å²) in [6.07, 6.45) is 1.08. The molecule has 0 aliphatic carbocycles. The van der Waals surface area contributed by atoms with Crippen molar-refractivity contribution in [1.29, 1.82) is 0 Å². The number of ether oxygens (including phenoxy) is 2. The van der Waals surface area contributed by atoms with Crippen LogP contribution in [0.1, 0.15) is 19.3 Å². The molecule has 6 nitrogen and oxygen atoms in total. The van der Waals surface area contributed by atoms with Gasteiger partial charge in [0.15, 0.2) is 6.29 Å². The zero-order valence-electron chi connectivity index (χ0n) is 10.8. The van der Waals surface area contributed by atoms with Crippen LogP contribution < -0.4 is 5.32 Å². The average Bonchev–Trinajstić information content (AvgIpc) is 2.33. The molecule has 0 atom stereocenters. The number of methoxy groups -OCH3 is 2. The Morgan fingerprint density at radius 2 is 1.83 bits per heavy atom. The first-order chi connectivity index (χ1) is 8.46. The third-order valence-electron chi connectivity index (χ3n) is 3.14. The molecule has 1 aliphatic rings. The van der Waals surface area contributed by atoms with Crippen molar-refractivity contribution in [3.05, 3.63) is 0 Å². The maximum atomic E-state index is 11.6. The van der Waals surface area contributed by atoms with E-state index in [1.807, 2.05) is 0 Å². The third kappa shape index (κ3) is 5.32. The molecule has 0 radical (unpaired) electrons. The van der Waals surface area contributed by atoms with Gasteiger partial charge in [0.1, 0.15) is 9.84 Å². The Morgan fingerprint density at radius 3 is 2.33 bits per heavy atom. The summed E-state index contributed by atoms with van der Waals surface area (Å²) in [7, 11) is 0.156. The van der Waals surface area contributed by atoms with Gasteiger partial charge in [-0.25, -0.2) is 8.42 Å². The second kappa shape index (κ2) is 7.06. The van der Waals surface area contributed by atoms with E-state index in [9.17, 15) is 13.2 Å². The predicted molar refractivity (Wildman–Crippen MR) is 66.8 cm³/mol. The van der Waals surface area contributed by atoms with Gasteiger partial charge >= 0.3 is 0 Å². The van der Waals surface area contributed by atoms with Crippen LogP contribution in [0, 0.1) is 5.92 Å². The fraction of sp³-hybridized carbons (Fsp3) is 0.909. The van der Waals surface area contributed by atoms with Crippen LogP contribution in [0.4, 0.5) is 0 Å². The molecular formula is C11H21NO5S. The van der Waals surface area contributed by atoms with Gasteiger partial charge in [0.2, 0.25) is 5.91 Å². The van der Waals surface area contributed by atoms with Gasteiger partial charge in [-0.15, -0.1) is 0 Å². The maximum absolute atomic E-state index is 11.6. The zero-order chi connectivity index (χ0) is 13.6. The molecule has 1 heterocycles. The van der Waals surface area contributed by atoms with E-state index in [-0.39, 0.29) is 23.3 Å². The summed E-state index contributed by atoms with van der Waals surface area (Å²) in [5.74, 6) is 0.475. The Bertz CT molecular complexity index is 350. The van der Waals surface area contributed by atoms with Crippen LogP contribution in [0.2, 0.25) is 0 Å². The highest BCUT2D eigenvalue weighted by Gasteiger charge is 2.25. The normalized spacial score (nSPS) is 19.9. The first-order valence-corrected chi connectivity index (χ1v) is 7.81. The molecule has 106 valence electrons.